The summed E-state index contributed by atoms with van der Waals surface area (Å²) < 4.78 is 10.5. The number of hydrogen-bond acceptors (Lipinski definition) is 5. The van der Waals surface area contributed by atoms with Gasteiger partial charge in [-0.05, 0) is 37.5 Å². The largest absolute Gasteiger partial charge is 0.493 e. The number of hydrogen-bond donors (Lipinski definition) is 0. The number of carbonyl (C=O) groups is 3. The molecule has 1 saturated heterocycles. The molecule has 1 aliphatic carbocycles. The molecule has 1 heterocycles. The number of likely N-dealkylation sites (tertiary alicyclic amines) is 1. The first-order valence-electron chi connectivity index (χ1n) is 8.72. The van der Waals surface area contributed by atoms with Gasteiger partial charge in [0.2, 0.25) is 11.8 Å². The number of nitrogens with zero attached hydrogens (tertiary/aromatic N) is 1. The zero-order chi connectivity index (χ0) is 18.0. The van der Waals surface area contributed by atoms with E-state index in [1.807, 2.05) is 13.0 Å². The lowest BCUT2D eigenvalue weighted by Crippen LogP contribution is -2.33. The Kier molecular flexibility index (Phi) is 5.06. The van der Waals surface area contributed by atoms with Gasteiger partial charge < -0.3 is 9.47 Å². The second-order valence-corrected chi connectivity index (χ2v) is 6.70. The molecule has 25 heavy (non-hydrogen) atoms. The fraction of sp³-hybridized carbons (Fsp3) is 0.526. The molecule has 0 N–H and O–H groups in total. The maximum atomic E-state index is 12.4. The van der Waals surface area contributed by atoms with E-state index in [0.29, 0.717) is 11.5 Å². The normalized spacial score (nSPS) is 22.7. The average Bonchev–Trinajstić information content (AvgIpc) is 2.86. The lowest BCUT2D eigenvalue weighted by molar-refractivity contribution is -0.141. The van der Waals surface area contributed by atoms with Crippen LogP contribution in [0.2, 0.25) is 0 Å². The number of esters is 1. The van der Waals surface area contributed by atoms with Gasteiger partial charge in [0.15, 0.2) is 11.5 Å². The van der Waals surface area contributed by atoms with Crippen molar-refractivity contribution in [2.45, 2.75) is 39.0 Å². The van der Waals surface area contributed by atoms with E-state index in [4.69, 9.17) is 9.47 Å². The van der Waals surface area contributed by atoms with Crippen molar-refractivity contribution in [3.63, 3.8) is 0 Å². The molecule has 2 atom stereocenters. The summed E-state index contributed by atoms with van der Waals surface area (Å²) in [5.74, 6) is -0.300. The van der Waals surface area contributed by atoms with E-state index in [2.05, 4.69) is 0 Å². The van der Waals surface area contributed by atoms with E-state index < -0.39 is 5.97 Å². The Bertz CT molecular complexity index is 675. The first-order valence-corrected chi connectivity index (χ1v) is 8.72. The SMILES string of the molecule is COc1cc(C)ccc1OC(=O)CCN1C(=O)[C@@H]2CCCC[C@H]2C1=O. The zero-order valence-electron chi connectivity index (χ0n) is 14.6. The van der Waals surface area contributed by atoms with Crippen molar-refractivity contribution in [2.24, 2.45) is 11.8 Å². The molecule has 2 amide bonds. The number of aryl methyl sites for hydroxylation is 1. The van der Waals surface area contributed by atoms with E-state index in [1.165, 1.54) is 12.0 Å². The van der Waals surface area contributed by atoms with Crippen LogP contribution >= 0.6 is 0 Å². The predicted molar refractivity (Wildman–Crippen MR) is 90.2 cm³/mol. The fourth-order valence-corrected chi connectivity index (χ4v) is 3.69. The summed E-state index contributed by atoms with van der Waals surface area (Å²) in [4.78, 5) is 38.2. The summed E-state index contributed by atoms with van der Waals surface area (Å²) in [5, 5.41) is 0. The quantitative estimate of drug-likeness (QED) is 0.466. The van der Waals surface area contributed by atoms with Crippen molar-refractivity contribution in [1.29, 1.82) is 0 Å². The molecule has 3 rings (SSSR count). The first kappa shape index (κ1) is 17.5. The molecule has 2 aliphatic rings. The lowest BCUT2D eigenvalue weighted by Gasteiger charge is -2.19. The van der Waals surface area contributed by atoms with Gasteiger partial charge in [-0.2, -0.15) is 0 Å². The number of fused-ring (bicyclic) bond motifs is 1. The highest BCUT2D eigenvalue weighted by Crippen LogP contribution is 2.38. The van der Waals surface area contributed by atoms with Crippen molar-refractivity contribution >= 4 is 17.8 Å². The number of imide groups is 1. The van der Waals surface area contributed by atoms with Gasteiger partial charge in [-0.15, -0.1) is 0 Å². The minimum atomic E-state index is -0.488. The highest BCUT2D eigenvalue weighted by molar-refractivity contribution is 6.05. The van der Waals surface area contributed by atoms with Gasteiger partial charge in [-0.1, -0.05) is 18.9 Å². The smallest absolute Gasteiger partial charge is 0.313 e. The van der Waals surface area contributed by atoms with Crippen LogP contribution in [0.4, 0.5) is 0 Å². The number of carbonyl (C=O) groups excluding carboxylic acids is 3. The van der Waals surface area contributed by atoms with Crippen LogP contribution in [0, 0.1) is 18.8 Å². The Morgan fingerprint density at radius 3 is 2.36 bits per heavy atom. The van der Waals surface area contributed by atoms with Gasteiger partial charge in [0.25, 0.3) is 0 Å². The van der Waals surface area contributed by atoms with E-state index in [-0.39, 0.29) is 36.6 Å². The molecule has 1 saturated carbocycles. The predicted octanol–water partition coefficient (Wildman–Crippen LogP) is 2.47. The summed E-state index contributed by atoms with van der Waals surface area (Å²) in [6, 6.07) is 5.27. The highest BCUT2D eigenvalue weighted by Gasteiger charge is 2.47. The Labute approximate surface area is 147 Å². The van der Waals surface area contributed by atoms with Crippen LogP contribution in [-0.2, 0) is 14.4 Å². The van der Waals surface area contributed by atoms with Gasteiger partial charge in [0, 0.05) is 6.54 Å². The summed E-state index contributed by atoms with van der Waals surface area (Å²) >= 11 is 0. The summed E-state index contributed by atoms with van der Waals surface area (Å²) in [6.45, 7) is 2.00. The molecular formula is C19H23NO5. The second kappa shape index (κ2) is 7.25. The summed E-state index contributed by atoms with van der Waals surface area (Å²) in [5.41, 5.74) is 0.993. The standard InChI is InChI=1S/C19H23NO5/c1-12-7-8-15(16(11-12)24-2)25-17(21)9-10-20-18(22)13-5-3-4-6-14(13)19(20)23/h7-8,11,13-14H,3-6,9-10H2,1-2H3/t13-,14-/m1/s1. The van der Waals surface area contributed by atoms with Gasteiger partial charge >= 0.3 is 5.97 Å². The van der Waals surface area contributed by atoms with E-state index >= 15 is 0 Å². The maximum absolute atomic E-state index is 12.4. The monoisotopic (exact) mass is 345 g/mol. The summed E-state index contributed by atoms with van der Waals surface area (Å²) in [7, 11) is 1.51. The van der Waals surface area contributed by atoms with Crippen LogP contribution in [-0.4, -0.2) is 36.3 Å². The Morgan fingerprint density at radius 2 is 1.76 bits per heavy atom. The lowest BCUT2D eigenvalue weighted by atomic mass is 9.81. The highest BCUT2D eigenvalue weighted by atomic mass is 16.6. The van der Waals surface area contributed by atoms with Crippen molar-refractivity contribution in [3.05, 3.63) is 23.8 Å². The zero-order valence-corrected chi connectivity index (χ0v) is 14.6. The van der Waals surface area contributed by atoms with Gasteiger partial charge in [0.05, 0.1) is 25.4 Å². The van der Waals surface area contributed by atoms with Crippen LogP contribution in [0.3, 0.4) is 0 Å². The Hall–Kier alpha value is -2.37. The number of rotatable bonds is 5. The Morgan fingerprint density at radius 1 is 1.12 bits per heavy atom. The summed E-state index contributed by atoms with van der Waals surface area (Å²) in [6.07, 6.45) is 3.51. The van der Waals surface area contributed by atoms with Crippen LogP contribution in [0.25, 0.3) is 0 Å². The third kappa shape index (κ3) is 3.52. The molecule has 1 aromatic rings. The molecule has 6 heteroatoms. The first-order chi connectivity index (χ1) is 12.0. The molecule has 134 valence electrons. The minimum absolute atomic E-state index is 0.0199. The minimum Gasteiger partial charge on any atom is -0.493 e. The molecule has 0 unspecified atom stereocenters. The third-order valence-electron chi connectivity index (χ3n) is 5.01. The molecular weight excluding hydrogens is 322 g/mol. The molecule has 0 spiro atoms. The van der Waals surface area contributed by atoms with E-state index in [9.17, 15) is 14.4 Å². The molecule has 6 nitrogen and oxygen atoms in total. The molecule has 0 radical (unpaired) electrons. The number of amides is 2. The van der Waals surface area contributed by atoms with Crippen molar-refractivity contribution in [3.8, 4) is 11.5 Å². The molecule has 1 aromatic carbocycles. The molecule has 0 aromatic heterocycles. The topological polar surface area (TPSA) is 72.9 Å². The van der Waals surface area contributed by atoms with Crippen molar-refractivity contribution in [1.82, 2.24) is 4.90 Å². The van der Waals surface area contributed by atoms with Crippen LogP contribution < -0.4 is 9.47 Å². The van der Waals surface area contributed by atoms with Crippen LogP contribution in [0.5, 0.6) is 11.5 Å². The average molecular weight is 345 g/mol. The molecule has 2 fully saturated rings. The van der Waals surface area contributed by atoms with Crippen molar-refractivity contribution in [2.75, 3.05) is 13.7 Å². The van der Waals surface area contributed by atoms with E-state index in [0.717, 1.165) is 31.2 Å². The third-order valence-corrected chi connectivity index (χ3v) is 5.01. The van der Waals surface area contributed by atoms with Crippen molar-refractivity contribution < 1.29 is 23.9 Å². The number of methoxy groups -OCH3 is 1. The molecule has 1 aliphatic heterocycles. The second-order valence-electron chi connectivity index (χ2n) is 6.70. The molecule has 0 bridgehead atoms. The number of benzene rings is 1. The number of ether oxygens (including phenoxy) is 2. The van der Waals surface area contributed by atoms with Gasteiger partial charge in [-0.25, -0.2) is 0 Å². The maximum Gasteiger partial charge on any atom is 0.313 e. The van der Waals surface area contributed by atoms with Gasteiger partial charge in [0.1, 0.15) is 0 Å². The van der Waals surface area contributed by atoms with Gasteiger partial charge in [-0.3, -0.25) is 19.3 Å². The Balaban J connectivity index is 1.59. The van der Waals surface area contributed by atoms with Crippen LogP contribution in [0.15, 0.2) is 18.2 Å². The fourth-order valence-electron chi connectivity index (χ4n) is 3.69. The van der Waals surface area contributed by atoms with E-state index in [1.54, 1.807) is 12.1 Å². The van der Waals surface area contributed by atoms with Crippen LogP contribution in [0.1, 0.15) is 37.7 Å².